The van der Waals surface area contributed by atoms with Crippen LogP contribution in [0.3, 0.4) is 0 Å². The first-order chi connectivity index (χ1) is 20.4. The van der Waals surface area contributed by atoms with E-state index in [0.29, 0.717) is 12.0 Å². The molecule has 0 spiro atoms. The van der Waals surface area contributed by atoms with Crippen molar-refractivity contribution >= 4 is 52.5 Å². The third-order valence-electron chi connectivity index (χ3n) is 9.27. The van der Waals surface area contributed by atoms with Crippen LogP contribution in [-0.2, 0) is 19.2 Å². The summed E-state index contributed by atoms with van der Waals surface area (Å²) in [6.45, 7) is 2.12. The number of anilines is 1. The predicted octanol–water partition coefficient (Wildman–Crippen LogP) is 4.52. The number of carbonyl (C=O) groups excluding carboxylic acids is 4. The van der Waals surface area contributed by atoms with Crippen molar-refractivity contribution in [3.63, 3.8) is 0 Å². The zero-order chi connectivity index (χ0) is 31.0. The highest BCUT2D eigenvalue weighted by Crippen LogP contribution is 2.67. The van der Waals surface area contributed by atoms with Crippen LogP contribution >= 0.6 is 23.2 Å². The molecule has 1 N–H and O–H groups in total. The minimum atomic E-state index is -2.21. The first-order valence-corrected chi connectivity index (χ1v) is 14.7. The molecule has 4 aliphatic rings. The minimum Gasteiger partial charge on any atom is -0.507 e. The van der Waals surface area contributed by atoms with Gasteiger partial charge in [-0.05, 0) is 49.4 Å². The highest BCUT2D eigenvalue weighted by molar-refractivity contribution is 6.58. The molecule has 2 aliphatic carbocycles. The first-order valence-electron chi connectivity index (χ1n) is 14.0. The van der Waals surface area contributed by atoms with E-state index in [1.54, 1.807) is 6.08 Å². The Morgan fingerprint density at radius 1 is 1.00 bits per heavy atom. The van der Waals surface area contributed by atoms with Crippen LogP contribution in [0.4, 0.5) is 10.1 Å². The number of hydrogen-bond donors (Lipinski definition) is 1. The zero-order valence-corrected chi connectivity index (χ0v) is 25.1. The van der Waals surface area contributed by atoms with Crippen molar-refractivity contribution in [2.24, 2.45) is 17.8 Å². The largest absolute Gasteiger partial charge is 0.507 e. The van der Waals surface area contributed by atoms with E-state index in [1.807, 2.05) is 6.92 Å². The van der Waals surface area contributed by atoms with Gasteiger partial charge in [0.15, 0.2) is 9.75 Å². The lowest BCUT2D eigenvalue weighted by Crippen LogP contribution is -2.60. The van der Waals surface area contributed by atoms with Crippen molar-refractivity contribution in [3.8, 4) is 17.2 Å². The van der Waals surface area contributed by atoms with E-state index in [-0.39, 0.29) is 59.7 Å². The monoisotopic (exact) mass is 630 g/mol. The number of rotatable bonds is 6. The Morgan fingerprint density at radius 2 is 1.70 bits per heavy atom. The van der Waals surface area contributed by atoms with Crippen LogP contribution in [0.2, 0.25) is 0 Å². The summed E-state index contributed by atoms with van der Waals surface area (Å²) in [5, 5.41) is 11.4. The van der Waals surface area contributed by atoms with E-state index >= 15 is 0 Å². The lowest BCUT2D eigenvalue weighted by molar-refractivity contribution is -0.140. The van der Waals surface area contributed by atoms with Crippen molar-refractivity contribution in [2.45, 2.75) is 41.9 Å². The first kappa shape index (κ1) is 29.4. The van der Waals surface area contributed by atoms with E-state index in [1.165, 1.54) is 43.4 Å². The van der Waals surface area contributed by atoms with Crippen LogP contribution in [0.15, 0.2) is 48.0 Å². The molecule has 2 aromatic carbocycles. The molecule has 2 heterocycles. The third-order valence-corrected chi connectivity index (χ3v) is 10.7. The number of nitrogens with zero attached hydrogens (tertiary/aromatic N) is 2. The van der Waals surface area contributed by atoms with E-state index in [2.05, 4.69) is 0 Å². The van der Waals surface area contributed by atoms with Gasteiger partial charge in [-0.3, -0.25) is 24.1 Å². The van der Waals surface area contributed by atoms with Gasteiger partial charge in [-0.2, -0.15) is 0 Å². The zero-order valence-electron chi connectivity index (χ0n) is 23.6. The number of ether oxygens (including phenoxy) is 2. The number of allylic oxidation sites excluding steroid dienone is 2. The number of halogens is 3. The number of methoxy groups -OCH3 is 2. The number of phenols is 1. The van der Waals surface area contributed by atoms with Gasteiger partial charge in [-0.1, -0.05) is 18.6 Å². The number of imide groups is 2. The minimum absolute atomic E-state index is 0.0617. The predicted molar refractivity (Wildman–Crippen MR) is 155 cm³/mol. The topological polar surface area (TPSA) is 113 Å². The molecule has 0 radical (unpaired) electrons. The highest BCUT2D eigenvalue weighted by Gasteiger charge is 2.77. The maximum atomic E-state index is 14.4. The van der Waals surface area contributed by atoms with Crippen LogP contribution in [0.25, 0.3) is 0 Å². The van der Waals surface area contributed by atoms with E-state index in [9.17, 15) is 28.7 Å². The Bertz CT molecular complexity index is 1600. The summed E-state index contributed by atoms with van der Waals surface area (Å²) >= 11 is 14.7. The summed E-state index contributed by atoms with van der Waals surface area (Å²) in [6.07, 6.45) is 2.33. The van der Waals surface area contributed by atoms with E-state index in [4.69, 9.17) is 32.7 Å². The number of aromatic hydroxyl groups is 1. The summed E-state index contributed by atoms with van der Waals surface area (Å²) in [5.74, 6) is -6.42. The van der Waals surface area contributed by atoms with Crippen molar-refractivity contribution in [1.29, 1.82) is 0 Å². The SMILES string of the molecule is CCCN1C(=O)[C@H]2[C@H](CC=C3[C@H]2C[C@@]2(Cl)C(=O)N(c4ccc(F)cc4)C(=O)[C@@]2(Cl)[C@H]3c2c(O)cc(OC)cc2OC)C1=O. The van der Waals surface area contributed by atoms with Crippen LogP contribution in [-0.4, -0.2) is 64.1 Å². The van der Waals surface area contributed by atoms with Crippen molar-refractivity contribution in [1.82, 2.24) is 4.90 Å². The summed E-state index contributed by atoms with van der Waals surface area (Å²) in [6, 6.07) is 7.59. The second kappa shape index (κ2) is 10.2. The molecule has 0 bridgehead atoms. The lowest BCUT2D eigenvalue weighted by atomic mass is 9.56. The molecule has 226 valence electrons. The van der Waals surface area contributed by atoms with Crippen LogP contribution in [0.1, 0.15) is 37.7 Å². The summed E-state index contributed by atoms with van der Waals surface area (Å²) in [5.41, 5.74) is 0.654. The Balaban J connectivity index is 1.60. The van der Waals surface area contributed by atoms with Gasteiger partial charge in [0.25, 0.3) is 11.8 Å². The summed E-state index contributed by atoms with van der Waals surface area (Å²) in [4.78, 5) is 53.5. The van der Waals surface area contributed by atoms with Gasteiger partial charge in [0, 0.05) is 30.2 Å². The van der Waals surface area contributed by atoms with Crippen molar-refractivity contribution in [3.05, 3.63) is 59.4 Å². The fourth-order valence-electron chi connectivity index (χ4n) is 7.39. The third kappa shape index (κ3) is 3.88. The van der Waals surface area contributed by atoms with Crippen LogP contribution in [0, 0.1) is 23.6 Å². The molecule has 9 nitrogen and oxygen atoms in total. The molecule has 3 fully saturated rings. The maximum Gasteiger partial charge on any atom is 0.258 e. The Hall–Kier alpha value is -3.63. The highest BCUT2D eigenvalue weighted by atomic mass is 35.5. The number of amides is 4. The molecule has 6 atom stereocenters. The average Bonchev–Trinajstić information content (AvgIpc) is 3.31. The van der Waals surface area contributed by atoms with E-state index < -0.39 is 51.1 Å². The van der Waals surface area contributed by atoms with Crippen LogP contribution < -0.4 is 14.4 Å². The molecule has 12 heteroatoms. The Kier molecular flexibility index (Phi) is 7.01. The van der Waals surface area contributed by atoms with Gasteiger partial charge < -0.3 is 14.6 Å². The molecule has 0 aromatic heterocycles. The van der Waals surface area contributed by atoms with Crippen molar-refractivity contribution in [2.75, 3.05) is 25.7 Å². The summed E-state index contributed by atoms with van der Waals surface area (Å²) in [7, 11) is 2.78. The number of likely N-dealkylation sites (tertiary alicyclic amines) is 1. The van der Waals surface area contributed by atoms with Crippen molar-refractivity contribution < 1.29 is 38.1 Å². The fourth-order valence-corrected chi connectivity index (χ4v) is 8.31. The number of fused-ring (bicyclic) bond motifs is 4. The molecule has 2 aromatic rings. The quantitative estimate of drug-likeness (QED) is 0.284. The van der Waals surface area contributed by atoms with Gasteiger partial charge >= 0.3 is 0 Å². The normalized spacial score (nSPS) is 31.5. The summed E-state index contributed by atoms with van der Waals surface area (Å²) < 4.78 is 24.7. The van der Waals surface area contributed by atoms with Gasteiger partial charge in [-0.15, -0.1) is 23.2 Å². The smallest absolute Gasteiger partial charge is 0.258 e. The second-order valence-electron chi connectivity index (χ2n) is 11.3. The standard InChI is InChI=1S/C31H29Cl2FN2O7/c1-4-11-35-26(38)19-10-9-18-20(23(19)27(35)39)14-30(32)28(40)36(16-7-5-15(34)6-8-16)29(41)31(30,33)25(18)24-21(37)12-17(42-2)13-22(24)43-3/h5-9,12-13,19-20,23,25,37H,4,10-11,14H2,1-3H3/t19-,20+,23-,25+,30+,31-/m0/s1. The second-order valence-corrected chi connectivity index (χ2v) is 12.6. The average molecular weight is 631 g/mol. The van der Waals surface area contributed by atoms with E-state index in [0.717, 1.165) is 17.0 Å². The molecule has 6 rings (SSSR count). The number of hydrogen-bond acceptors (Lipinski definition) is 7. The molecular formula is C31H29Cl2FN2O7. The Morgan fingerprint density at radius 3 is 2.33 bits per heavy atom. The number of phenolic OH excluding ortho intramolecular Hbond substituents is 1. The van der Waals surface area contributed by atoms with Gasteiger partial charge in [0.1, 0.15) is 23.1 Å². The number of benzene rings is 2. The van der Waals surface area contributed by atoms with Gasteiger partial charge in [-0.25, -0.2) is 9.29 Å². The molecule has 43 heavy (non-hydrogen) atoms. The molecule has 2 saturated heterocycles. The molecule has 2 aliphatic heterocycles. The number of alkyl halides is 2. The van der Waals surface area contributed by atoms with Gasteiger partial charge in [0.2, 0.25) is 11.8 Å². The number of carbonyl (C=O) groups is 4. The van der Waals surface area contributed by atoms with Crippen LogP contribution in [0.5, 0.6) is 17.2 Å². The lowest BCUT2D eigenvalue weighted by Gasteiger charge is -2.50. The fraction of sp³-hybridized carbons (Fsp3) is 0.419. The molecule has 4 amide bonds. The van der Waals surface area contributed by atoms with Gasteiger partial charge in [0.05, 0.1) is 31.7 Å². The molecule has 0 unspecified atom stereocenters. The Labute approximate surface area is 257 Å². The maximum absolute atomic E-state index is 14.4. The molecular weight excluding hydrogens is 602 g/mol. The molecule has 1 saturated carbocycles.